The second-order valence-electron chi connectivity index (χ2n) is 5.28. The van der Waals surface area contributed by atoms with Gasteiger partial charge in [-0.1, -0.05) is 13.3 Å². The highest BCUT2D eigenvalue weighted by Crippen LogP contribution is 2.31. The average Bonchev–Trinajstić information content (AvgIpc) is 2.93. The van der Waals surface area contributed by atoms with Gasteiger partial charge in [-0.3, -0.25) is 15.2 Å². The van der Waals surface area contributed by atoms with Crippen molar-refractivity contribution in [2.24, 2.45) is 0 Å². The molecule has 1 aliphatic heterocycles. The second kappa shape index (κ2) is 7.00. The van der Waals surface area contributed by atoms with Gasteiger partial charge in [0.25, 0.3) is 5.88 Å². The molecule has 0 aliphatic carbocycles. The van der Waals surface area contributed by atoms with Gasteiger partial charge in [-0.05, 0) is 18.6 Å². The molecule has 8 heteroatoms. The molecule has 0 fully saturated rings. The Bertz CT molecular complexity index is 869. The second-order valence-corrected chi connectivity index (χ2v) is 5.28. The lowest BCUT2D eigenvalue weighted by molar-refractivity contribution is -0.135. The Morgan fingerprint density at radius 2 is 2.12 bits per heavy atom. The van der Waals surface area contributed by atoms with Crippen LogP contribution in [0.1, 0.15) is 19.0 Å². The van der Waals surface area contributed by atoms with Crippen molar-refractivity contribution >= 4 is 23.9 Å². The molecule has 1 aliphatic rings. The lowest BCUT2D eigenvalue weighted by Gasteiger charge is -2.15. The van der Waals surface area contributed by atoms with E-state index in [1.54, 1.807) is 12.3 Å². The van der Waals surface area contributed by atoms with Crippen LogP contribution < -0.4 is 14.9 Å². The van der Waals surface area contributed by atoms with Gasteiger partial charge in [0.2, 0.25) is 0 Å². The first-order valence-corrected chi connectivity index (χ1v) is 7.65. The quantitative estimate of drug-likeness (QED) is 0.501. The van der Waals surface area contributed by atoms with Gasteiger partial charge in [0.1, 0.15) is 5.57 Å². The highest BCUT2D eigenvalue weighted by atomic mass is 16.6. The molecule has 0 atom stereocenters. The molecule has 25 heavy (non-hydrogen) atoms. The third-order valence-electron chi connectivity index (χ3n) is 3.41. The van der Waals surface area contributed by atoms with Gasteiger partial charge in [0.15, 0.2) is 12.0 Å². The minimum absolute atomic E-state index is 0.0281. The van der Waals surface area contributed by atoms with Gasteiger partial charge in [-0.25, -0.2) is 14.3 Å². The number of esters is 2. The van der Waals surface area contributed by atoms with Crippen LogP contribution in [0.15, 0.2) is 42.2 Å². The highest BCUT2D eigenvalue weighted by Gasteiger charge is 2.24. The van der Waals surface area contributed by atoms with E-state index in [4.69, 9.17) is 9.47 Å². The number of pyridine rings is 1. The van der Waals surface area contributed by atoms with Gasteiger partial charge in [0.05, 0.1) is 5.69 Å². The predicted octanol–water partition coefficient (Wildman–Crippen LogP) is 1.66. The fourth-order valence-corrected chi connectivity index (χ4v) is 2.30. The number of nitrogens with zero attached hydrogens (tertiary/aromatic N) is 2. The number of rotatable bonds is 5. The normalized spacial score (nSPS) is 15.8. The van der Waals surface area contributed by atoms with Crippen molar-refractivity contribution < 1.29 is 23.9 Å². The summed E-state index contributed by atoms with van der Waals surface area (Å²) in [7, 11) is 0. The average molecular weight is 341 g/mol. The van der Waals surface area contributed by atoms with Crippen LogP contribution in [0.5, 0.6) is 11.6 Å². The van der Waals surface area contributed by atoms with Crippen LogP contribution in [0.2, 0.25) is 0 Å². The number of aryl methyl sites for hydroxylation is 1. The number of aromatic nitrogens is 2. The molecule has 0 saturated heterocycles. The van der Waals surface area contributed by atoms with Crippen molar-refractivity contribution in [3.63, 3.8) is 0 Å². The molecule has 0 bridgehead atoms. The van der Waals surface area contributed by atoms with E-state index in [0.29, 0.717) is 5.69 Å². The molecule has 3 rings (SSSR count). The van der Waals surface area contributed by atoms with Crippen molar-refractivity contribution in [2.45, 2.75) is 19.8 Å². The van der Waals surface area contributed by atoms with Crippen molar-refractivity contribution in [1.82, 2.24) is 9.66 Å². The zero-order valence-electron chi connectivity index (χ0n) is 13.4. The van der Waals surface area contributed by atoms with Crippen LogP contribution in [0, 0.1) is 0 Å². The molecule has 8 nitrogen and oxygen atoms in total. The summed E-state index contributed by atoms with van der Waals surface area (Å²) in [6.45, 7) is 2.06. The van der Waals surface area contributed by atoms with Gasteiger partial charge < -0.3 is 9.47 Å². The number of hydrogen-bond acceptors (Lipinski definition) is 7. The molecule has 2 aromatic heterocycles. The molecule has 128 valence electrons. The maximum absolute atomic E-state index is 12.0. The molecule has 0 unspecified atom stereocenters. The molecule has 2 aromatic rings. The summed E-state index contributed by atoms with van der Waals surface area (Å²) in [6.07, 6.45) is 6.04. The Balaban J connectivity index is 1.90. The van der Waals surface area contributed by atoms with E-state index in [2.05, 4.69) is 17.3 Å². The Hall–Kier alpha value is -3.42. The minimum Gasteiger partial charge on any atom is -0.417 e. The van der Waals surface area contributed by atoms with Crippen LogP contribution >= 0.6 is 0 Å². The predicted molar refractivity (Wildman–Crippen MR) is 87.1 cm³/mol. The zero-order chi connectivity index (χ0) is 17.8. The third-order valence-corrected chi connectivity index (χ3v) is 3.41. The Labute approximate surface area is 143 Å². The van der Waals surface area contributed by atoms with E-state index in [9.17, 15) is 14.4 Å². The number of fused-ring (bicyclic) bond motifs is 1. The summed E-state index contributed by atoms with van der Waals surface area (Å²) < 4.78 is 11.6. The molecular formula is C17H15N3O5. The molecule has 0 amide bonds. The molecule has 0 aromatic carbocycles. The van der Waals surface area contributed by atoms with Gasteiger partial charge in [0, 0.05) is 30.2 Å². The van der Waals surface area contributed by atoms with Crippen LogP contribution in [0.3, 0.4) is 0 Å². The van der Waals surface area contributed by atoms with Crippen molar-refractivity contribution in [2.75, 3.05) is 5.43 Å². The zero-order valence-corrected chi connectivity index (χ0v) is 13.4. The van der Waals surface area contributed by atoms with Gasteiger partial charge >= 0.3 is 11.9 Å². The molecular weight excluding hydrogens is 326 g/mol. The van der Waals surface area contributed by atoms with E-state index in [0.717, 1.165) is 24.6 Å². The van der Waals surface area contributed by atoms with Crippen molar-refractivity contribution in [3.8, 4) is 11.6 Å². The van der Waals surface area contributed by atoms with E-state index < -0.39 is 17.5 Å². The van der Waals surface area contributed by atoms with Crippen LogP contribution in [0.4, 0.5) is 5.69 Å². The maximum Gasteiger partial charge on any atom is 0.348 e. The first kappa shape index (κ1) is 16.4. The van der Waals surface area contributed by atoms with E-state index >= 15 is 0 Å². The minimum atomic E-state index is -0.934. The fraction of sp³-hybridized carbons (Fsp3) is 0.176. The fourth-order valence-electron chi connectivity index (χ4n) is 2.30. The van der Waals surface area contributed by atoms with Crippen LogP contribution in [-0.4, -0.2) is 27.9 Å². The van der Waals surface area contributed by atoms with E-state index in [1.165, 1.54) is 16.9 Å². The standard InChI is InChI=1S/C17H15N3O5/c1-2-3-12-9-13(4-6-18-12)19-20-7-5-14-16(20)25-17(23)11(10-21)8-15(22)24-14/h4-10H,2-3H2,1H3,(H,18,19)/b11-8-. The summed E-state index contributed by atoms with van der Waals surface area (Å²) in [5.74, 6) is -1.72. The Morgan fingerprint density at radius 1 is 1.28 bits per heavy atom. The number of anilines is 1. The number of aldehydes is 1. The van der Waals surface area contributed by atoms with Crippen LogP contribution in [-0.2, 0) is 20.8 Å². The van der Waals surface area contributed by atoms with Gasteiger partial charge in [-0.15, -0.1) is 0 Å². The van der Waals surface area contributed by atoms with E-state index in [1.807, 2.05) is 6.07 Å². The maximum atomic E-state index is 12.0. The first-order valence-electron chi connectivity index (χ1n) is 7.65. The number of ether oxygens (including phenoxy) is 2. The third kappa shape index (κ3) is 3.57. The molecule has 3 heterocycles. The van der Waals surface area contributed by atoms with E-state index in [-0.39, 0.29) is 17.9 Å². The molecule has 0 radical (unpaired) electrons. The number of carbonyl (C=O) groups excluding carboxylic acids is 3. The first-order chi connectivity index (χ1) is 12.1. The van der Waals surface area contributed by atoms with Crippen LogP contribution in [0.25, 0.3) is 0 Å². The number of hydrogen-bond donors (Lipinski definition) is 1. The summed E-state index contributed by atoms with van der Waals surface area (Å²) in [6, 6.07) is 5.09. The summed E-state index contributed by atoms with van der Waals surface area (Å²) >= 11 is 0. The van der Waals surface area contributed by atoms with Crippen molar-refractivity contribution in [1.29, 1.82) is 0 Å². The highest BCUT2D eigenvalue weighted by molar-refractivity contribution is 6.13. The molecule has 0 spiro atoms. The van der Waals surface area contributed by atoms with Gasteiger partial charge in [-0.2, -0.15) is 0 Å². The lowest BCUT2D eigenvalue weighted by Crippen LogP contribution is -2.21. The topological polar surface area (TPSA) is 99.5 Å². The SMILES string of the molecule is CCCc1cc(Nn2ccc3c2OC(=O)/C(C=O)=C\C(=O)O3)ccn1. The molecule has 1 N–H and O–H groups in total. The monoisotopic (exact) mass is 341 g/mol. The smallest absolute Gasteiger partial charge is 0.348 e. The summed E-state index contributed by atoms with van der Waals surface area (Å²) in [5.41, 5.74) is 4.24. The largest absolute Gasteiger partial charge is 0.417 e. The Morgan fingerprint density at radius 3 is 2.88 bits per heavy atom. The summed E-state index contributed by atoms with van der Waals surface area (Å²) in [5, 5.41) is 0. The number of nitrogens with one attached hydrogen (secondary N) is 1. The summed E-state index contributed by atoms with van der Waals surface area (Å²) in [4.78, 5) is 38.8. The number of carbonyl (C=O) groups is 3. The Kier molecular flexibility index (Phi) is 4.60. The van der Waals surface area contributed by atoms with Crippen molar-refractivity contribution in [3.05, 3.63) is 47.9 Å². The lowest BCUT2D eigenvalue weighted by atomic mass is 10.2. The molecule has 0 saturated carbocycles.